The van der Waals surface area contributed by atoms with Gasteiger partial charge in [-0.15, -0.1) is 0 Å². The number of amides is 1. The maximum absolute atomic E-state index is 12.5. The monoisotopic (exact) mass is 254 g/mol. The van der Waals surface area contributed by atoms with Gasteiger partial charge >= 0.3 is 0 Å². The maximum atomic E-state index is 12.5. The molecule has 0 bridgehead atoms. The van der Waals surface area contributed by atoms with E-state index in [1.165, 1.54) is 0 Å². The summed E-state index contributed by atoms with van der Waals surface area (Å²) in [6, 6.07) is 0. The van der Waals surface area contributed by atoms with Gasteiger partial charge in [0.25, 0.3) is 0 Å². The molecule has 2 heterocycles. The highest BCUT2D eigenvalue weighted by atomic mass is 16.5. The molecule has 2 N–H and O–H groups in total. The van der Waals surface area contributed by atoms with Crippen molar-refractivity contribution in [3.05, 3.63) is 0 Å². The molecule has 4 heteroatoms. The second-order valence-electron chi connectivity index (χ2n) is 5.66. The van der Waals surface area contributed by atoms with E-state index in [0.29, 0.717) is 6.54 Å². The van der Waals surface area contributed by atoms with Crippen molar-refractivity contribution in [2.45, 2.75) is 51.6 Å². The first-order valence-corrected chi connectivity index (χ1v) is 7.37. The Morgan fingerprint density at radius 3 is 3.00 bits per heavy atom. The minimum atomic E-state index is -0.175. The molecule has 104 valence electrons. The number of rotatable bonds is 5. The lowest BCUT2D eigenvalue weighted by atomic mass is 9.76. The molecular formula is C14H26N2O2. The molecule has 0 spiro atoms. The molecule has 2 saturated heterocycles. The molecule has 2 rings (SSSR count). The van der Waals surface area contributed by atoms with Crippen molar-refractivity contribution in [2.75, 3.05) is 26.2 Å². The highest BCUT2D eigenvalue weighted by Crippen LogP contribution is 2.31. The van der Waals surface area contributed by atoms with Crippen molar-refractivity contribution >= 4 is 5.91 Å². The van der Waals surface area contributed by atoms with Crippen LogP contribution in [0.2, 0.25) is 0 Å². The van der Waals surface area contributed by atoms with E-state index >= 15 is 0 Å². The number of piperidine rings is 1. The summed E-state index contributed by atoms with van der Waals surface area (Å²) in [4.78, 5) is 12.5. The predicted molar refractivity (Wildman–Crippen MR) is 71.4 cm³/mol. The predicted octanol–water partition coefficient (Wildman–Crippen LogP) is 1.45. The van der Waals surface area contributed by atoms with E-state index in [0.717, 1.165) is 58.2 Å². The van der Waals surface area contributed by atoms with Crippen LogP contribution in [-0.2, 0) is 9.53 Å². The zero-order valence-corrected chi connectivity index (χ0v) is 11.5. The van der Waals surface area contributed by atoms with E-state index in [9.17, 15) is 4.79 Å². The van der Waals surface area contributed by atoms with E-state index in [1.54, 1.807) is 0 Å². The summed E-state index contributed by atoms with van der Waals surface area (Å²) in [5.74, 6) is 0.229. The highest BCUT2D eigenvalue weighted by Gasteiger charge is 2.38. The maximum Gasteiger partial charge on any atom is 0.227 e. The molecule has 2 atom stereocenters. The minimum absolute atomic E-state index is 0.175. The lowest BCUT2D eigenvalue weighted by Gasteiger charge is -2.36. The summed E-state index contributed by atoms with van der Waals surface area (Å²) >= 11 is 0. The largest absolute Gasteiger partial charge is 0.376 e. The molecule has 18 heavy (non-hydrogen) atoms. The number of hydrogen-bond donors (Lipinski definition) is 2. The number of hydrogen-bond acceptors (Lipinski definition) is 3. The van der Waals surface area contributed by atoms with Gasteiger partial charge in [-0.2, -0.15) is 0 Å². The Morgan fingerprint density at radius 1 is 1.50 bits per heavy atom. The van der Waals surface area contributed by atoms with Crippen molar-refractivity contribution in [1.29, 1.82) is 0 Å². The average Bonchev–Trinajstić information content (AvgIpc) is 2.90. The van der Waals surface area contributed by atoms with Crippen LogP contribution in [0.15, 0.2) is 0 Å². The van der Waals surface area contributed by atoms with E-state index in [2.05, 4.69) is 17.6 Å². The first-order chi connectivity index (χ1) is 8.77. The van der Waals surface area contributed by atoms with Crippen LogP contribution in [0.4, 0.5) is 0 Å². The summed E-state index contributed by atoms with van der Waals surface area (Å²) < 4.78 is 5.55. The summed E-state index contributed by atoms with van der Waals surface area (Å²) in [6.45, 7) is 5.57. The Morgan fingerprint density at radius 2 is 2.39 bits per heavy atom. The van der Waals surface area contributed by atoms with Crippen LogP contribution in [0.1, 0.15) is 45.4 Å². The summed E-state index contributed by atoms with van der Waals surface area (Å²) in [5.41, 5.74) is -0.175. The van der Waals surface area contributed by atoms with Gasteiger partial charge in [0.15, 0.2) is 0 Å². The van der Waals surface area contributed by atoms with Gasteiger partial charge in [0.05, 0.1) is 11.5 Å². The first kappa shape index (κ1) is 13.8. The van der Waals surface area contributed by atoms with Crippen LogP contribution in [0, 0.1) is 5.41 Å². The highest BCUT2D eigenvalue weighted by molar-refractivity contribution is 5.83. The van der Waals surface area contributed by atoms with Crippen LogP contribution in [-0.4, -0.2) is 38.3 Å². The van der Waals surface area contributed by atoms with Crippen LogP contribution in [0.5, 0.6) is 0 Å². The quantitative estimate of drug-likeness (QED) is 0.781. The molecule has 0 aromatic rings. The van der Waals surface area contributed by atoms with Gasteiger partial charge in [-0.25, -0.2) is 0 Å². The Balaban J connectivity index is 1.86. The van der Waals surface area contributed by atoms with E-state index in [1.807, 2.05) is 0 Å². The van der Waals surface area contributed by atoms with Gasteiger partial charge in [-0.3, -0.25) is 4.79 Å². The fourth-order valence-corrected chi connectivity index (χ4v) is 3.17. The molecule has 2 fully saturated rings. The molecule has 0 aromatic heterocycles. The van der Waals surface area contributed by atoms with E-state index < -0.39 is 0 Å². The van der Waals surface area contributed by atoms with Gasteiger partial charge in [0.1, 0.15) is 0 Å². The molecule has 2 aliphatic rings. The lowest BCUT2D eigenvalue weighted by Crippen LogP contribution is -2.51. The van der Waals surface area contributed by atoms with Crippen molar-refractivity contribution in [1.82, 2.24) is 10.6 Å². The SMILES string of the molecule is CCCC1(C(=O)NCC2CCCO2)CCCNC1. The molecule has 2 unspecified atom stereocenters. The summed E-state index contributed by atoms with van der Waals surface area (Å²) in [7, 11) is 0. The fraction of sp³-hybridized carbons (Fsp3) is 0.929. The smallest absolute Gasteiger partial charge is 0.227 e. The van der Waals surface area contributed by atoms with E-state index in [-0.39, 0.29) is 17.4 Å². The minimum Gasteiger partial charge on any atom is -0.376 e. The third-order valence-electron chi connectivity index (χ3n) is 4.20. The third kappa shape index (κ3) is 3.23. The molecule has 0 aromatic carbocycles. The standard InChI is InChI=1S/C14H26N2O2/c1-2-6-14(7-4-8-15-11-14)13(17)16-10-12-5-3-9-18-12/h12,15H,2-11H2,1H3,(H,16,17). The Hall–Kier alpha value is -0.610. The second kappa shape index (κ2) is 6.53. The van der Waals surface area contributed by atoms with Gasteiger partial charge in [0.2, 0.25) is 5.91 Å². The van der Waals surface area contributed by atoms with Crippen LogP contribution >= 0.6 is 0 Å². The lowest BCUT2D eigenvalue weighted by molar-refractivity contribution is -0.133. The van der Waals surface area contributed by atoms with Gasteiger partial charge < -0.3 is 15.4 Å². The topological polar surface area (TPSA) is 50.4 Å². The van der Waals surface area contributed by atoms with Crippen molar-refractivity contribution < 1.29 is 9.53 Å². The molecule has 0 radical (unpaired) electrons. The van der Waals surface area contributed by atoms with Gasteiger partial charge in [-0.05, 0) is 38.6 Å². The Kier molecular flexibility index (Phi) is 5.01. The zero-order chi connectivity index (χ0) is 12.8. The molecule has 0 aliphatic carbocycles. The number of carbonyl (C=O) groups is 1. The number of carbonyl (C=O) groups excluding carboxylic acids is 1. The number of nitrogens with one attached hydrogen (secondary N) is 2. The molecular weight excluding hydrogens is 228 g/mol. The number of ether oxygens (including phenoxy) is 1. The molecule has 2 aliphatic heterocycles. The normalized spacial score (nSPS) is 32.4. The average molecular weight is 254 g/mol. The van der Waals surface area contributed by atoms with Gasteiger partial charge in [-0.1, -0.05) is 13.3 Å². The summed E-state index contributed by atoms with van der Waals surface area (Å²) in [5, 5.41) is 6.49. The fourth-order valence-electron chi connectivity index (χ4n) is 3.17. The van der Waals surface area contributed by atoms with Crippen molar-refractivity contribution in [3.8, 4) is 0 Å². The van der Waals surface area contributed by atoms with Gasteiger partial charge in [0, 0.05) is 19.7 Å². The summed E-state index contributed by atoms with van der Waals surface area (Å²) in [6.07, 6.45) is 6.62. The van der Waals surface area contributed by atoms with Crippen LogP contribution in [0.3, 0.4) is 0 Å². The molecule has 1 amide bonds. The van der Waals surface area contributed by atoms with Crippen molar-refractivity contribution in [3.63, 3.8) is 0 Å². The molecule has 0 saturated carbocycles. The molecule has 4 nitrogen and oxygen atoms in total. The van der Waals surface area contributed by atoms with Crippen LogP contribution < -0.4 is 10.6 Å². The zero-order valence-electron chi connectivity index (χ0n) is 11.5. The third-order valence-corrected chi connectivity index (χ3v) is 4.20. The van der Waals surface area contributed by atoms with Crippen LogP contribution in [0.25, 0.3) is 0 Å². The van der Waals surface area contributed by atoms with E-state index in [4.69, 9.17) is 4.74 Å². The second-order valence-corrected chi connectivity index (χ2v) is 5.66. The van der Waals surface area contributed by atoms with Crippen molar-refractivity contribution in [2.24, 2.45) is 5.41 Å². The Labute approximate surface area is 110 Å². The first-order valence-electron chi connectivity index (χ1n) is 7.37. The Bertz CT molecular complexity index is 263.